The molecule has 1 aliphatic carbocycles. The fourth-order valence-electron chi connectivity index (χ4n) is 2.79. The average Bonchev–Trinajstić information content (AvgIpc) is 2.86. The molecule has 118 valence electrons. The van der Waals surface area contributed by atoms with Gasteiger partial charge in [-0.25, -0.2) is 4.79 Å². The van der Waals surface area contributed by atoms with Crippen molar-refractivity contribution in [2.75, 3.05) is 13.1 Å². The number of nitrogens with one attached hydrogen (secondary N) is 1. The van der Waals surface area contributed by atoms with Crippen LogP contribution in [0.25, 0.3) is 0 Å². The van der Waals surface area contributed by atoms with E-state index in [-0.39, 0.29) is 19.5 Å². The van der Waals surface area contributed by atoms with Gasteiger partial charge in [-0.1, -0.05) is 12.5 Å². The highest BCUT2D eigenvalue weighted by Gasteiger charge is 2.37. The van der Waals surface area contributed by atoms with Crippen molar-refractivity contribution in [3.63, 3.8) is 0 Å². The van der Waals surface area contributed by atoms with Gasteiger partial charge in [0.1, 0.15) is 0 Å². The first kappa shape index (κ1) is 15.7. The van der Waals surface area contributed by atoms with E-state index in [9.17, 15) is 22.8 Å². The van der Waals surface area contributed by atoms with Gasteiger partial charge in [0.15, 0.2) is 0 Å². The molecule has 2 atom stereocenters. The molecule has 0 saturated heterocycles. The highest BCUT2D eigenvalue weighted by molar-refractivity contribution is 5.77. The Morgan fingerprint density at radius 1 is 1.33 bits per heavy atom. The van der Waals surface area contributed by atoms with E-state index in [2.05, 4.69) is 5.32 Å². The van der Waals surface area contributed by atoms with Crippen molar-refractivity contribution >= 4 is 12.0 Å². The standard InChI is InChI=1S/C13H17F3N2O3/c14-13(15,16)8-4-6-18(7-5-8)12(21)17-10-3-1-2-9(10)11(19)20/h4,9-10H,1-3,5-7H2,(H,17,21)(H,19,20). The number of carbonyl (C=O) groups excluding carboxylic acids is 1. The zero-order valence-corrected chi connectivity index (χ0v) is 11.3. The summed E-state index contributed by atoms with van der Waals surface area (Å²) in [5, 5.41) is 11.7. The number of halogens is 3. The maximum absolute atomic E-state index is 12.5. The van der Waals surface area contributed by atoms with Crippen LogP contribution < -0.4 is 5.32 Å². The average molecular weight is 306 g/mol. The molecule has 0 aromatic carbocycles. The van der Waals surface area contributed by atoms with Gasteiger partial charge < -0.3 is 15.3 Å². The van der Waals surface area contributed by atoms with Crippen molar-refractivity contribution in [2.45, 2.75) is 37.9 Å². The lowest BCUT2D eigenvalue weighted by Crippen LogP contribution is -2.48. The number of urea groups is 1. The first-order chi connectivity index (χ1) is 9.79. The summed E-state index contributed by atoms with van der Waals surface area (Å²) < 4.78 is 37.5. The predicted molar refractivity (Wildman–Crippen MR) is 67.6 cm³/mol. The van der Waals surface area contributed by atoms with Gasteiger partial charge >= 0.3 is 18.2 Å². The smallest absolute Gasteiger partial charge is 0.412 e. The first-order valence-corrected chi connectivity index (χ1v) is 6.83. The number of carboxylic acids is 1. The maximum Gasteiger partial charge on any atom is 0.412 e. The summed E-state index contributed by atoms with van der Waals surface area (Å²) in [6.07, 6.45) is -1.75. The number of hydrogen-bond donors (Lipinski definition) is 2. The minimum Gasteiger partial charge on any atom is -0.481 e. The van der Waals surface area contributed by atoms with E-state index in [0.29, 0.717) is 12.8 Å². The van der Waals surface area contributed by atoms with Crippen molar-refractivity contribution in [3.05, 3.63) is 11.6 Å². The van der Waals surface area contributed by atoms with Crippen molar-refractivity contribution in [1.82, 2.24) is 10.2 Å². The third-order valence-corrected chi connectivity index (χ3v) is 4.00. The Hall–Kier alpha value is -1.73. The molecule has 1 fully saturated rings. The second kappa shape index (κ2) is 5.95. The molecule has 1 saturated carbocycles. The summed E-state index contributed by atoms with van der Waals surface area (Å²) in [4.78, 5) is 24.3. The Kier molecular flexibility index (Phi) is 4.43. The normalized spacial score (nSPS) is 26.4. The van der Waals surface area contributed by atoms with Gasteiger partial charge in [0.2, 0.25) is 0 Å². The Morgan fingerprint density at radius 2 is 2.05 bits per heavy atom. The molecule has 0 aromatic rings. The van der Waals surface area contributed by atoms with Gasteiger partial charge in [-0.2, -0.15) is 13.2 Å². The molecule has 2 unspecified atom stereocenters. The molecule has 21 heavy (non-hydrogen) atoms. The lowest BCUT2D eigenvalue weighted by Gasteiger charge is -2.29. The molecule has 0 aromatic heterocycles. The fourth-order valence-corrected chi connectivity index (χ4v) is 2.79. The SMILES string of the molecule is O=C(O)C1CCCC1NC(=O)N1CC=C(C(F)(F)F)CC1. The van der Waals surface area contributed by atoms with Crippen LogP contribution in [0, 0.1) is 5.92 Å². The Balaban J connectivity index is 1.91. The monoisotopic (exact) mass is 306 g/mol. The van der Waals surface area contributed by atoms with Crippen LogP contribution in [0.3, 0.4) is 0 Å². The number of aliphatic carboxylic acids is 1. The molecule has 2 N–H and O–H groups in total. The minimum absolute atomic E-state index is 0.0123. The molecule has 0 spiro atoms. The van der Waals surface area contributed by atoms with Crippen molar-refractivity contribution in [3.8, 4) is 0 Å². The number of nitrogens with zero attached hydrogens (tertiary/aromatic N) is 1. The van der Waals surface area contributed by atoms with Crippen LogP contribution in [-0.4, -0.2) is 47.3 Å². The van der Waals surface area contributed by atoms with E-state index in [1.807, 2.05) is 0 Å². The van der Waals surface area contributed by atoms with Gasteiger partial charge in [0.05, 0.1) is 5.92 Å². The summed E-state index contributed by atoms with van der Waals surface area (Å²) >= 11 is 0. The Bertz CT molecular complexity index is 462. The Morgan fingerprint density at radius 3 is 2.57 bits per heavy atom. The highest BCUT2D eigenvalue weighted by atomic mass is 19.4. The molecule has 2 rings (SSSR count). The zero-order chi connectivity index (χ0) is 15.6. The van der Waals surface area contributed by atoms with Crippen LogP contribution in [0.2, 0.25) is 0 Å². The summed E-state index contributed by atoms with van der Waals surface area (Å²) in [7, 11) is 0. The molecular formula is C13H17F3N2O3. The van der Waals surface area contributed by atoms with Crippen LogP contribution in [0.15, 0.2) is 11.6 Å². The molecule has 2 aliphatic rings. The third kappa shape index (κ3) is 3.68. The zero-order valence-electron chi connectivity index (χ0n) is 11.3. The second-order valence-corrected chi connectivity index (χ2v) is 5.35. The number of carbonyl (C=O) groups is 2. The second-order valence-electron chi connectivity index (χ2n) is 5.35. The van der Waals surface area contributed by atoms with Crippen LogP contribution in [-0.2, 0) is 4.79 Å². The van der Waals surface area contributed by atoms with E-state index < -0.39 is 35.7 Å². The summed E-state index contributed by atoms with van der Waals surface area (Å²) in [5.74, 6) is -1.56. The van der Waals surface area contributed by atoms with Crippen LogP contribution in [0.4, 0.5) is 18.0 Å². The van der Waals surface area contributed by atoms with Crippen molar-refractivity contribution < 1.29 is 27.9 Å². The van der Waals surface area contributed by atoms with Crippen molar-refractivity contribution in [2.24, 2.45) is 5.92 Å². The maximum atomic E-state index is 12.5. The summed E-state index contributed by atoms with van der Waals surface area (Å²) in [6.45, 7) is -0.118. The predicted octanol–water partition coefficient (Wildman–Crippen LogP) is 2.14. The van der Waals surface area contributed by atoms with Gasteiger partial charge in [-0.15, -0.1) is 0 Å². The lowest BCUT2D eigenvalue weighted by atomic mass is 10.0. The number of carboxylic acid groups (broad SMARTS) is 1. The quantitative estimate of drug-likeness (QED) is 0.768. The van der Waals surface area contributed by atoms with Gasteiger partial charge in [-0.3, -0.25) is 4.79 Å². The highest BCUT2D eigenvalue weighted by Crippen LogP contribution is 2.30. The van der Waals surface area contributed by atoms with E-state index in [1.165, 1.54) is 4.90 Å². The van der Waals surface area contributed by atoms with Gasteiger partial charge in [-0.05, 0) is 19.3 Å². The molecule has 0 radical (unpaired) electrons. The van der Waals surface area contributed by atoms with Crippen LogP contribution in [0.5, 0.6) is 0 Å². The molecule has 0 bridgehead atoms. The van der Waals surface area contributed by atoms with E-state index in [0.717, 1.165) is 12.5 Å². The molecule has 1 aliphatic heterocycles. The summed E-state index contributed by atoms with van der Waals surface area (Å²) in [6, 6.07) is -0.936. The van der Waals surface area contributed by atoms with E-state index in [1.54, 1.807) is 0 Å². The molecule has 8 heteroatoms. The third-order valence-electron chi connectivity index (χ3n) is 4.00. The topological polar surface area (TPSA) is 69.6 Å². The molecule has 5 nitrogen and oxygen atoms in total. The number of hydrogen-bond acceptors (Lipinski definition) is 2. The van der Waals surface area contributed by atoms with Gasteiger partial charge in [0, 0.05) is 24.7 Å². The fraction of sp³-hybridized carbons (Fsp3) is 0.692. The summed E-state index contributed by atoms with van der Waals surface area (Å²) in [5.41, 5.74) is -0.615. The van der Waals surface area contributed by atoms with Crippen LogP contribution >= 0.6 is 0 Å². The molecule has 1 heterocycles. The molecular weight excluding hydrogens is 289 g/mol. The van der Waals surface area contributed by atoms with Crippen molar-refractivity contribution in [1.29, 1.82) is 0 Å². The minimum atomic E-state index is -4.34. The number of amides is 2. The number of alkyl halides is 3. The lowest BCUT2D eigenvalue weighted by molar-refractivity contribution is -0.142. The van der Waals surface area contributed by atoms with Crippen LogP contribution in [0.1, 0.15) is 25.7 Å². The largest absolute Gasteiger partial charge is 0.481 e. The first-order valence-electron chi connectivity index (χ1n) is 6.83. The van der Waals surface area contributed by atoms with E-state index in [4.69, 9.17) is 5.11 Å². The molecule has 2 amide bonds. The Labute approximate surface area is 119 Å². The van der Waals surface area contributed by atoms with E-state index >= 15 is 0 Å². The number of rotatable bonds is 2. The van der Waals surface area contributed by atoms with Gasteiger partial charge in [0.25, 0.3) is 0 Å².